The third-order valence-corrected chi connectivity index (χ3v) is 14.4. The largest absolute Gasteiger partial charge is 0.462 e. The summed E-state index contributed by atoms with van der Waals surface area (Å²) in [6, 6.07) is 0. The van der Waals surface area contributed by atoms with Crippen molar-refractivity contribution in [2.24, 2.45) is 0 Å². The van der Waals surface area contributed by atoms with E-state index < -0.39 is 6.10 Å². The summed E-state index contributed by atoms with van der Waals surface area (Å²) in [5, 5.41) is 0. The van der Waals surface area contributed by atoms with Crippen LogP contribution >= 0.6 is 0 Å². The molecule has 1 unspecified atom stereocenters. The first-order chi connectivity index (χ1) is 38.0. The summed E-state index contributed by atoms with van der Waals surface area (Å²) < 4.78 is 16.9. The van der Waals surface area contributed by atoms with E-state index in [4.69, 9.17) is 14.2 Å². The minimum atomic E-state index is -0.783. The average Bonchev–Trinajstić information content (AvgIpc) is 3.43. The van der Waals surface area contributed by atoms with Crippen LogP contribution in [0.5, 0.6) is 0 Å². The van der Waals surface area contributed by atoms with E-state index >= 15 is 0 Å². The van der Waals surface area contributed by atoms with Crippen molar-refractivity contribution in [2.75, 3.05) is 13.2 Å². The fourth-order valence-electron chi connectivity index (χ4n) is 9.44. The SMILES string of the molecule is CC/C=C\C/C=C\C/C=C\C/C=C\C/C=C\CCCCCCCCCCCCCCCC(=O)OCC(COC(=O)CCCCCCCCCCCCCCCCC)OC(=O)CCCCCCC/C=C\C/C=C\CCCCC. The predicted molar refractivity (Wildman–Crippen MR) is 334 cm³/mol. The maximum absolute atomic E-state index is 12.9. The molecule has 0 heterocycles. The van der Waals surface area contributed by atoms with Gasteiger partial charge in [0.25, 0.3) is 0 Å². The van der Waals surface area contributed by atoms with Crippen molar-refractivity contribution < 1.29 is 28.6 Å². The molecule has 0 radical (unpaired) electrons. The van der Waals surface area contributed by atoms with Gasteiger partial charge in [-0.2, -0.15) is 0 Å². The van der Waals surface area contributed by atoms with Gasteiger partial charge in [-0.1, -0.05) is 298 Å². The highest BCUT2D eigenvalue weighted by Gasteiger charge is 2.19. The first-order valence-corrected chi connectivity index (χ1v) is 33.1. The molecule has 0 bridgehead atoms. The second-order valence-electron chi connectivity index (χ2n) is 22.0. The molecule has 444 valence electrons. The van der Waals surface area contributed by atoms with Crippen LogP contribution in [0.25, 0.3) is 0 Å². The molecule has 0 aromatic heterocycles. The molecule has 77 heavy (non-hydrogen) atoms. The number of carbonyl (C=O) groups is 3. The molecular weight excluding hydrogens is 949 g/mol. The molecular formula is C71H124O6. The Balaban J connectivity index is 4.25. The molecule has 0 aromatic carbocycles. The zero-order valence-electron chi connectivity index (χ0n) is 51.0. The lowest BCUT2D eigenvalue weighted by Crippen LogP contribution is -2.30. The third kappa shape index (κ3) is 63.3. The van der Waals surface area contributed by atoms with Gasteiger partial charge in [0.2, 0.25) is 0 Å². The summed E-state index contributed by atoms with van der Waals surface area (Å²) in [5.41, 5.74) is 0. The normalized spacial score (nSPS) is 12.6. The summed E-state index contributed by atoms with van der Waals surface area (Å²) in [5.74, 6) is -0.878. The van der Waals surface area contributed by atoms with Gasteiger partial charge in [-0.05, 0) is 96.3 Å². The third-order valence-electron chi connectivity index (χ3n) is 14.4. The number of rotatable bonds is 60. The summed E-state index contributed by atoms with van der Waals surface area (Å²) in [6.45, 7) is 6.53. The van der Waals surface area contributed by atoms with Crippen molar-refractivity contribution in [3.63, 3.8) is 0 Å². The Bertz CT molecular complexity index is 1470. The van der Waals surface area contributed by atoms with E-state index in [0.717, 1.165) is 116 Å². The molecule has 0 aliphatic rings. The molecule has 0 amide bonds. The van der Waals surface area contributed by atoms with Crippen LogP contribution < -0.4 is 0 Å². The highest BCUT2D eigenvalue weighted by Crippen LogP contribution is 2.17. The van der Waals surface area contributed by atoms with Crippen molar-refractivity contribution >= 4 is 17.9 Å². The van der Waals surface area contributed by atoms with E-state index in [9.17, 15) is 14.4 Å². The number of carbonyl (C=O) groups excluding carboxylic acids is 3. The summed E-state index contributed by atoms with van der Waals surface area (Å²) in [7, 11) is 0. The fourth-order valence-corrected chi connectivity index (χ4v) is 9.44. The predicted octanol–water partition coefficient (Wildman–Crippen LogP) is 22.7. The minimum absolute atomic E-state index is 0.0782. The van der Waals surface area contributed by atoms with Crippen molar-refractivity contribution in [1.82, 2.24) is 0 Å². The zero-order chi connectivity index (χ0) is 55.7. The van der Waals surface area contributed by atoms with Gasteiger partial charge in [-0.3, -0.25) is 14.4 Å². The van der Waals surface area contributed by atoms with Gasteiger partial charge in [0.1, 0.15) is 13.2 Å². The topological polar surface area (TPSA) is 78.9 Å². The number of esters is 3. The Morgan fingerprint density at radius 2 is 0.506 bits per heavy atom. The molecule has 0 aliphatic heterocycles. The maximum Gasteiger partial charge on any atom is 0.306 e. The molecule has 6 nitrogen and oxygen atoms in total. The fraction of sp³-hybridized carbons (Fsp3) is 0.761. The van der Waals surface area contributed by atoms with E-state index in [-0.39, 0.29) is 31.1 Å². The van der Waals surface area contributed by atoms with Crippen molar-refractivity contribution in [1.29, 1.82) is 0 Å². The molecule has 1 atom stereocenters. The number of hydrogen-bond acceptors (Lipinski definition) is 6. The van der Waals surface area contributed by atoms with Crippen LogP contribution in [0.15, 0.2) is 85.1 Å². The lowest BCUT2D eigenvalue weighted by molar-refractivity contribution is -0.167. The first kappa shape index (κ1) is 73.6. The van der Waals surface area contributed by atoms with Crippen LogP contribution in [0.3, 0.4) is 0 Å². The van der Waals surface area contributed by atoms with E-state index in [2.05, 4.69) is 106 Å². The lowest BCUT2D eigenvalue weighted by Gasteiger charge is -2.18. The van der Waals surface area contributed by atoms with Crippen LogP contribution in [0.2, 0.25) is 0 Å². The number of allylic oxidation sites excluding steroid dienone is 14. The van der Waals surface area contributed by atoms with Crippen molar-refractivity contribution in [2.45, 2.75) is 335 Å². The van der Waals surface area contributed by atoms with Crippen LogP contribution in [0.4, 0.5) is 0 Å². The van der Waals surface area contributed by atoms with Crippen LogP contribution in [-0.2, 0) is 28.6 Å². The molecule has 0 rings (SSSR count). The van der Waals surface area contributed by atoms with Gasteiger partial charge < -0.3 is 14.2 Å². The number of unbranched alkanes of at least 4 members (excludes halogenated alkanes) is 35. The monoisotopic (exact) mass is 1070 g/mol. The van der Waals surface area contributed by atoms with E-state index in [1.807, 2.05) is 0 Å². The second-order valence-corrected chi connectivity index (χ2v) is 22.0. The molecule has 0 aliphatic carbocycles. The standard InChI is InChI=1S/C71H124O6/c1-4-7-10-13-16-19-22-25-28-29-30-31-32-33-34-35-36-37-38-39-40-41-44-46-49-52-55-58-61-64-70(73)76-67-68(77-71(74)65-62-59-56-53-50-47-43-27-24-21-18-15-12-9-6-3)66-75-69(72)63-60-57-54-51-48-45-42-26-23-20-17-14-11-8-5-2/h7,10,16,18-19,21,25,27-28,30-31,33-34,43,68H,4-6,8-9,11-15,17,20,22-24,26,29,32,35-42,44-67H2,1-3H3/b10-7-,19-16-,21-18-,28-25-,31-30-,34-33-,43-27-. The van der Waals surface area contributed by atoms with Gasteiger partial charge in [0.15, 0.2) is 6.10 Å². The van der Waals surface area contributed by atoms with Crippen molar-refractivity contribution in [3.05, 3.63) is 85.1 Å². The van der Waals surface area contributed by atoms with Gasteiger partial charge in [0.05, 0.1) is 0 Å². The molecule has 0 spiro atoms. The van der Waals surface area contributed by atoms with Crippen LogP contribution in [-0.4, -0.2) is 37.2 Å². The summed E-state index contributed by atoms with van der Waals surface area (Å²) in [4.78, 5) is 38.3. The molecule has 0 N–H and O–H groups in total. The smallest absolute Gasteiger partial charge is 0.306 e. The van der Waals surface area contributed by atoms with Crippen LogP contribution in [0.1, 0.15) is 329 Å². The van der Waals surface area contributed by atoms with Gasteiger partial charge in [-0.15, -0.1) is 0 Å². The molecule has 0 fully saturated rings. The molecule has 0 saturated carbocycles. The van der Waals surface area contributed by atoms with Crippen molar-refractivity contribution in [3.8, 4) is 0 Å². The van der Waals surface area contributed by atoms with E-state index in [1.54, 1.807) is 0 Å². The molecule has 0 aromatic rings. The van der Waals surface area contributed by atoms with Gasteiger partial charge in [0, 0.05) is 19.3 Å². The van der Waals surface area contributed by atoms with Crippen LogP contribution in [0, 0.1) is 0 Å². The Morgan fingerprint density at radius 1 is 0.273 bits per heavy atom. The molecule has 0 saturated heterocycles. The summed E-state index contributed by atoms with van der Waals surface area (Å²) >= 11 is 0. The number of ether oxygens (including phenoxy) is 3. The lowest BCUT2D eigenvalue weighted by atomic mass is 10.0. The maximum atomic E-state index is 12.9. The minimum Gasteiger partial charge on any atom is -0.462 e. The van der Waals surface area contributed by atoms with E-state index in [1.165, 1.54) is 173 Å². The molecule has 6 heteroatoms. The van der Waals surface area contributed by atoms with Gasteiger partial charge in [-0.25, -0.2) is 0 Å². The Kier molecular flexibility index (Phi) is 62.2. The highest BCUT2D eigenvalue weighted by atomic mass is 16.6. The first-order valence-electron chi connectivity index (χ1n) is 33.1. The van der Waals surface area contributed by atoms with Gasteiger partial charge >= 0.3 is 17.9 Å². The highest BCUT2D eigenvalue weighted by molar-refractivity contribution is 5.71. The Hall–Kier alpha value is -3.41. The Labute approximate surface area is 477 Å². The second kappa shape index (κ2) is 65.1. The van der Waals surface area contributed by atoms with E-state index in [0.29, 0.717) is 19.3 Å². The zero-order valence-corrected chi connectivity index (χ0v) is 51.0. The quantitative estimate of drug-likeness (QED) is 0.0261. The summed E-state index contributed by atoms with van der Waals surface area (Å²) in [6.07, 6.45) is 85.9. The average molecular weight is 1070 g/mol. The number of hydrogen-bond donors (Lipinski definition) is 0. The Morgan fingerprint density at radius 3 is 0.818 bits per heavy atom.